The molecule has 6 heteroatoms. The summed E-state index contributed by atoms with van der Waals surface area (Å²) < 4.78 is 1.52. The van der Waals surface area contributed by atoms with Gasteiger partial charge in [0.05, 0.1) is 6.20 Å². The highest BCUT2D eigenvalue weighted by Crippen LogP contribution is 2.15. The average Bonchev–Trinajstić information content (AvgIpc) is 2.64. The van der Waals surface area contributed by atoms with E-state index in [2.05, 4.69) is 10.4 Å². The third kappa shape index (κ3) is 2.83. The van der Waals surface area contributed by atoms with Crippen molar-refractivity contribution in [1.82, 2.24) is 15.1 Å². The second-order valence-electron chi connectivity index (χ2n) is 4.55. The van der Waals surface area contributed by atoms with Crippen LogP contribution in [0.5, 0.6) is 0 Å². The first-order chi connectivity index (χ1) is 7.75. The third-order valence-corrected chi connectivity index (χ3v) is 2.56. The largest absolute Gasteiger partial charge is 0.480 e. The van der Waals surface area contributed by atoms with Crippen LogP contribution in [0.25, 0.3) is 0 Å². The summed E-state index contributed by atoms with van der Waals surface area (Å²) in [6.07, 6.45) is 3.39. The molecule has 94 valence electrons. The number of hydrogen-bond acceptors (Lipinski definition) is 3. The minimum absolute atomic E-state index is 0.379. The maximum absolute atomic E-state index is 12.0. The van der Waals surface area contributed by atoms with E-state index in [1.54, 1.807) is 26.2 Å². The Morgan fingerprint density at radius 2 is 2.12 bits per heavy atom. The van der Waals surface area contributed by atoms with Crippen LogP contribution in [0.1, 0.15) is 26.3 Å². The molecule has 0 aliphatic carbocycles. The number of carboxylic acids is 1. The number of aromatic nitrogens is 2. The van der Waals surface area contributed by atoms with Gasteiger partial charge >= 0.3 is 5.97 Å². The second kappa shape index (κ2) is 4.57. The molecule has 0 bridgehead atoms. The Bertz CT molecular complexity index is 437. The van der Waals surface area contributed by atoms with Crippen LogP contribution >= 0.6 is 0 Å². The van der Waals surface area contributed by atoms with Gasteiger partial charge in [-0.15, -0.1) is 0 Å². The highest BCUT2D eigenvalue weighted by Gasteiger charge is 2.32. The van der Waals surface area contributed by atoms with Gasteiger partial charge in [0.15, 0.2) is 0 Å². The zero-order valence-corrected chi connectivity index (χ0v) is 10.4. The first-order valence-electron chi connectivity index (χ1n) is 5.30. The van der Waals surface area contributed by atoms with Gasteiger partial charge in [-0.1, -0.05) is 0 Å². The van der Waals surface area contributed by atoms with E-state index in [-0.39, 0.29) is 5.91 Å². The first-order valence-corrected chi connectivity index (χ1v) is 5.30. The van der Waals surface area contributed by atoms with Crippen LogP contribution in [-0.4, -0.2) is 32.8 Å². The standard InChI is InChI=1S/C11H17N3O3/c1-7-5-12-14(6-7)11(3,4)10(17)13-8(2)9(15)16/h5-6,8H,1-4H3,(H,13,17)(H,15,16). The van der Waals surface area contributed by atoms with Crippen molar-refractivity contribution < 1.29 is 14.7 Å². The van der Waals surface area contributed by atoms with Crippen molar-refractivity contribution in [3.63, 3.8) is 0 Å². The van der Waals surface area contributed by atoms with Crippen molar-refractivity contribution in [2.45, 2.75) is 39.3 Å². The van der Waals surface area contributed by atoms with E-state index in [9.17, 15) is 9.59 Å². The van der Waals surface area contributed by atoms with E-state index in [0.29, 0.717) is 0 Å². The van der Waals surface area contributed by atoms with Gasteiger partial charge in [0.1, 0.15) is 11.6 Å². The van der Waals surface area contributed by atoms with Crippen LogP contribution < -0.4 is 5.32 Å². The van der Waals surface area contributed by atoms with E-state index < -0.39 is 17.6 Å². The van der Waals surface area contributed by atoms with E-state index in [1.807, 2.05) is 6.92 Å². The molecular weight excluding hydrogens is 222 g/mol. The number of amides is 1. The Kier molecular flexibility index (Phi) is 3.55. The molecule has 1 aromatic rings. The van der Waals surface area contributed by atoms with Crippen LogP contribution in [0.15, 0.2) is 12.4 Å². The van der Waals surface area contributed by atoms with Crippen LogP contribution in [0.4, 0.5) is 0 Å². The molecule has 0 spiro atoms. The molecule has 1 rings (SSSR count). The second-order valence-corrected chi connectivity index (χ2v) is 4.55. The highest BCUT2D eigenvalue weighted by atomic mass is 16.4. The lowest BCUT2D eigenvalue weighted by Crippen LogP contribution is -2.49. The van der Waals surface area contributed by atoms with E-state index >= 15 is 0 Å². The molecule has 0 radical (unpaired) electrons. The fourth-order valence-electron chi connectivity index (χ4n) is 1.26. The summed E-state index contributed by atoms with van der Waals surface area (Å²) in [7, 11) is 0. The van der Waals surface area contributed by atoms with Crippen molar-refractivity contribution in [1.29, 1.82) is 0 Å². The molecule has 2 N–H and O–H groups in total. The van der Waals surface area contributed by atoms with Crippen molar-refractivity contribution >= 4 is 11.9 Å². The van der Waals surface area contributed by atoms with Gasteiger partial charge < -0.3 is 10.4 Å². The molecule has 0 fully saturated rings. The number of hydrogen-bond donors (Lipinski definition) is 2. The molecule has 1 amide bonds. The Morgan fingerprint density at radius 1 is 1.53 bits per heavy atom. The monoisotopic (exact) mass is 239 g/mol. The molecule has 0 saturated carbocycles. The number of aliphatic carboxylic acids is 1. The fourth-order valence-corrected chi connectivity index (χ4v) is 1.26. The normalized spacial score (nSPS) is 13.2. The zero-order chi connectivity index (χ0) is 13.2. The summed E-state index contributed by atoms with van der Waals surface area (Å²) in [6, 6.07) is -0.918. The third-order valence-electron chi connectivity index (χ3n) is 2.56. The van der Waals surface area contributed by atoms with Gasteiger partial charge in [0.2, 0.25) is 5.91 Å². The molecule has 1 heterocycles. The molecule has 0 aromatic carbocycles. The van der Waals surface area contributed by atoms with Crippen LogP contribution in [0.2, 0.25) is 0 Å². The van der Waals surface area contributed by atoms with Gasteiger partial charge in [-0.05, 0) is 33.3 Å². The molecule has 0 aliphatic heterocycles. The van der Waals surface area contributed by atoms with E-state index in [1.165, 1.54) is 11.6 Å². The van der Waals surface area contributed by atoms with E-state index in [0.717, 1.165) is 5.56 Å². The summed E-state index contributed by atoms with van der Waals surface area (Å²) in [5.41, 5.74) is 0.0231. The van der Waals surface area contributed by atoms with E-state index in [4.69, 9.17) is 5.11 Å². The number of carbonyl (C=O) groups excluding carboxylic acids is 1. The highest BCUT2D eigenvalue weighted by molar-refractivity contribution is 5.87. The Morgan fingerprint density at radius 3 is 2.53 bits per heavy atom. The minimum Gasteiger partial charge on any atom is -0.480 e. The molecule has 0 saturated heterocycles. The lowest BCUT2D eigenvalue weighted by molar-refractivity contribution is -0.142. The Labute approximate surface area is 99.6 Å². The maximum atomic E-state index is 12.0. The summed E-state index contributed by atoms with van der Waals surface area (Å²) >= 11 is 0. The van der Waals surface area contributed by atoms with Gasteiger partial charge in [-0.2, -0.15) is 5.10 Å². The van der Waals surface area contributed by atoms with Crippen LogP contribution in [0, 0.1) is 6.92 Å². The molecule has 1 unspecified atom stereocenters. The van der Waals surface area contributed by atoms with Crippen molar-refractivity contribution in [2.75, 3.05) is 0 Å². The fraction of sp³-hybridized carbons (Fsp3) is 0.545. The topological polar surface area (TPSA) is 84.2 Å². The number of aryl methyl sites for hydroxylation is 1. The Hall–Kier alpha value is -1.85. The summed E-state index contributed by atoms with van der Waals surface area (Å²) in [4.78, 5) is 22.6. The average molecular weight is 239 g/mol. The molecular formula is C11H17N3O3. The van der Waals surface area contributed by atoms with Gasteiger partial charge in [-0.3, -0.25) is 14.3 Å². The predicted molar refractivity (Wildman–Crippen MR) is 61.5 cm³/mol. The summed E-state index contributed by atoms with van der Waals surface area (Å²) in [6.45, 7) is 6.66. The minimum atomic E-state index is -1.06. The number of rotatable bonds is 4. The smallest absolute Gasteiger partial charge is 0.325 e. The number of nitrogens with zero attached hydrogens (tertiary/aromatic N) is 2. The SMILES string of the molecule is Cc1cnn(C(C)(C)C(=O)NC(C)C(=O)O)c1. The Balaban J connectivity index is 2.84. The molecule has 1 aromatic heterocycles. The molecule has 6 nitrogen and oxygen atoms in total. The van der Waals surface area contributed by atoms with Gasteiger partial charge in [0.25, 0.3) is 0 Å². The van der Waals surface area contributed by atoms with Gasteiger partial charge in [-0.25, -0.2) is 0 Å². The molecule has 1 atom stereocenters. The quantitative estimate of drug-likeness (QED) is 0.802. The first kappa shape index (κ1) is 13.2. The zero-order valence-electron chi connectivity index (χ0n) is 10.4. The van der Waals surface area contributed by atoms with Crippen molar-refractivity contribution in [2.24, 2.45) is 0 Å². The van der Waals surface area contributed by atoms with Crippen molar-refractivity contribution in [3.05, 3.63) is 18.0 Å². The lowest BCUT2D eigenvalue weighted by atomic mass is 10.0. The van der Waals surface area contributed by atoms with Crippen LogP contribution in [-0.2, 0) is 15.1 Å². The summed E-state index contributed by atoms with van der Waals surface area (Å²) in [5.74, 6) is -1.44. The molecule has 0 aliphatic rings. The van der Waals surface area contributed by atoms with Gasteiger partial charge in [0, 0.05) is 6.20 Å². The molecule has 17 heavy (non-hydrogen) atoms. The maximum Gasteiger partial charge on any atom is 0.325 e. The number of carbonyl (C=O) groups is 2. The lowest BCUT2D eigenvalue weighted by Gasteiger charge is -2.25. The predicted octanol–water partition coefficient (Wildman–Crippen LogP) is 0.516. The van der Waals surface area contributed by atoms with Crippen molar-refractivity contribution in [3.8, 4) is 0 Å². The summed E-state index contributed by atoms with van der Waals surface area (Å²) in [5, 5.41) is 15.2. The number of carboxylic acid groups (broad SMARTS) is 1. The van der Waals surface area contributed by atoms with Crippen LogP contribution in [0.3, 0.4) is 0 Å². The number of nitrogens with one attached hydrogen (secondary N) is 1.